The van der Waals surface area contributed by atoms with Gasteiger partial charge in [0.15, 0.2) is 0 Å². The van der Waals surface area contributed by atoms with E-state index in [2.05, 4.69) is 71.6 Å². The number of pyridine rings is 1. The van der Waals surface area contributed by atoms with E-state index in [0.717, 1.165) is 72.8 Å². The number of thioether (sulfide) groups is 1. The fourth-order valence-corrected chi connectivity index (χ4v) is 5.72. The first-order valence-corrected chi connectivity index (χ1v) is 13.3. The van der Waals surface area contributed by atoms with Crippen LogP contribution in [0.3, 0.4) is 0 Å². The number of nitrogens with zero attached hydrogens (tertiary/aromatic N) is 3. The number of anilines is 2. The van der Waals surface area contributed by atoms with Crippen molar-refractivity contribution in [3.05, 3.63) is 63.9 Å². The number of aryl methyl sites for hydroxylation is 1. The highest BCUT2D eigenvalue weighted by atomic mass is 32.2. The summed E-state index contributed by atoms with van der Waals surface area (Å²) in [6, 6.07) is 15.5. The predicted molar refractivity (Wildman–Crippen MR) is 143 cm³/mol. The van der Waals surface area contributed by atoms with Crippen molar-refractivity contribution in [2.75, 3.05) is 55.9 Å². The molecule has 0 unspecified atom stereocenters. The number of fused-ring (bicyclic) bond motifs is 1. The van der Waals surface area contributed by atoms with Crippen LogP contribution in [0.1, 0.15) is 24.1 Å². The molecule has 0 saturated carbocycles. The zero-order valence-corrected chi connectivity index (χ0v) is 21.3. The molecule has 2 aliphatic heterocycles. The minimum atomic E-state index is 0.0612. The molecule has 3 heterocycles. The lowest BCUT2D eigenvalue weighted by Crippen LogP contribution is -2.57. The Labute approximate surface area is 205 Å². The lowest BCUT2D eigenvalue weighted by molar-refractivity contribution is -0.0661. The van der Waals surface area contributed by atoms with Crippen molar-refractivity contribution in [3.63, 3.8) is 0 Å². The number of para-hydroxylation sites is 1. The van der Waals surface area contributed by atoms with Crippen LogP contribution < -0.4 is 15.8 Å². The highest BCUT2D eigenvalue weighted by molar-refractivity contribution is 7.98. The fraction of sp³-hybridized carbons (Fsp3) is 0.444. The molecule has 34 heavy (non-hydrogen) atoms. The summed E-state index contributed by atoms with van der Waals surface area (Å²) in [5.74, 6) is 1.00. The summed E-state index contributed by atoms with van der Waals surface area (Å²) in [6.45, 7) is 9.80. The second-order valence-electron chi connectivity index (χ2n) is 9.46. The van der Waals surface area contributed by atoms with Gasteiger partial charge in [-0.2, -0.15) is 0 Å². The van der Waals surface area contributed by atoms with E-state index in [1.165, 1.54) is 4.90 Å². The fourth-order valence-electron chi connectivity index (χ4n) is 5.16. The standard InChI is InChI=1S/C27H34N4O2S/c1-18-13-21(19(2)28-24-7-5-6-8-25(24)34-4)22-15-26(29(3)27(32)23(22)14-18)31-11-9-30(10-12-31)20-16-33-17-20/h5-8,13-15,19-20,28H,9-12,16-17H2,1-4H3/t19-/m1/s1. The molecule has 6 nitrogen and oxygen atoms in total. The lowest BCUT2D eigenvalue weighted by atomic mass is 9.97. The largest absolute Gasteiger partial charge is 0.378 e. The molecule has 2 aromatic carbocycles. The molecule has 0 spiro atoms. The van der Waals surface area contributed by atoms with Crippen LogP contribution in [0.15, 0.2) is 52.2 Å². The van der Waals surface area contributed by atoms with Crippen LogP contribution in [0.4, 0.5) is 11.5 Å². The van der Waals surface area contributed by atoms with Gasteiger partial charge < -0.3 is 15.0 Å². The zero-order valence-electron chi connectivity index (χ0n) is 20.5. The van der Waals surface area contributed by atoms with E-state index < -0.39 is 0 Å². The Morgan fingerprint density at radius 2 is 1.79 bits per heavy atom. The molecule has 2 fully saturated rings. The summed E-state index contributed by atoms with van der Waals surface area (Å²) in [6.07, 6.45) is 2.10. The minimum Gasteiger partial charge on any atom is -0.378 e. The third kappa shape index (κ3) is 4.32. The topological polar surface area (TPSA) is 49.7 Å². The van der Waals surface area contributed by atoms with E-state index in [1.54, 1.807) is 11.8 Å². The van der Waals surface area contributed by atoms with Gasteiger partial charge in [0.05, 0.1) is 19.3 Å². The summed E-state index contributed by atoms with van der Waals surface area (Å²) in [4.78, 5) is 19.6. The van der Waals surface area contributed by atoms with Gasteiger partial charge in [0.2, 0.25) is 0 Å². The molecule has 1 aromatic heterocycles. The van der Waals surface area contributed by atoms with Crippen molar-refractivity contribution in [2.45, 2.75) is 30.8 Å². The van der Waals surface area contributed by atoms with E-state index in [-0.39, 0.29) is 11.6 Å². The second-order valence-corrected chi connectivity index (χ2v) is 10.3. The molecular formula is C27H34N4O2S. The van der Waals surface area contributed by atoms with Crippen LogP contribution in [0.2, 0.25) is 0 Å². The van der Waals surface area contributed by atoms with Crippen LogP contribution >= 0.6 is 11.8 Å². The van der Waals surface area contributed by atoms with Gasteiger partial charge in [-0.05, 0) is 60.9 Å². The Morgan fingerprint density at radius 3 is 2.47 bits per heavy atom. The SMILES string of the molecule is CSc1ccccc1N[C@H](C)c1cc(C)cc2c(=O)n(C)c(N3CCN(C4COC4)CC3)cc12. The zero-order chi connectivity index (χ0) is 23.8. The Balaban J connectivity index is 1.50. The number of benzene rings is 2. The first-order valence-electron chi connectivity index (χ1n) is 12.1. The number of hydrogen-bond acceptors (Lipinski definition) is 6. The number of aromatic nitrogens is 1. The molecule has 2 saturated heterocycles. The van der Waals surface area contributed by atoms with Gasteiger partial charge in [-0.15, -0.1) is 11.8 Å². The summed E-state index contributed by atoms with van der Waals surface area (Å²) in [5.41, 5.74) is 3.46. The van der Waals surface area contributed by atoms with Crippen LogP contribution in [0.5, 0.6) is 0 Å². The van der Waals surface area contributed by atoms with E-state index in [1.807, 2.05) is 17.7 Å². The molecule has 0 aliphatic carbocycles. The van der Waals surface area contributed by atoms with Gasteiger partial charge in [-0.1, -0.05) is 18.2 Å². The summed E-state index contributed by atoms with van der Waals surface area (Å²) >= 11 is 1.74. The van der Waals surface area contributed by atoms with Crippen molar-refractivity contribution in [3.8, 4) is 0 Å². The van der Waals surface area contributed by atoms with E-state index >= 15 is 0 Å². The summed E-state index contributed by atoms with van der Waals surface area (Å²) < 4.78 is 7.21. The number of piperazine rings is 1. The Kier molecular flexibility index (Phi) is 6.60. The molecule has 180 valence electrons. The molecule has 1 atom stereocenters. The first kappa shape index (κ1) is 23.3. The third-order valence-corrected chi connectivity index (χ3v) is 8.02. The van der Waals surface area contributed by atoms with Gasteiger partial charge in [0.1, 0.15) is 5.82 Å². The smallest absolute Gasteiger partial charge is 0.259 e. The van der Waals surface area contributed by atoms with Crippen molar-refractivity contribution >= 4 is 34.0 Å². The Bertz CT molecular complexity index is 1250. The molecule has 0 amide bonds. The van der Waals surface area contributed by atoms with Gasteiger partial charge >= 0.3 is 0 Å². The minimum absolute atomic E-state index is 0.0612. The summed E-state index contributed by atoms with van der Waals surface area (Å²) in [7, 11) is 1.90. The average Bonchev–Trinajstić information content (AvgIpc) is 2.81. The molecule has 1 N–H and O–H groups in total. The molecule has 5 rings (SSSR count). The molecule has 3 aromatic rings. The maximum Gasteiger partial charge on any atom is 0.259 e. The lowest BCUT2D eigenvalue weighted by Gasteiger charge is -2.43. The Hall–Kier alpha value is -2.48. The first-order chi connectivity index (χ1) is 16.5. The quantitative estimate of drug-likeness (QED) is 0.534. The molecule has 0 bridgehead atoms. The van der Waals surface area contributed by atoms with E-state index in [4.69, 9.17) is 4.74 Å². The number of hydrogen-bond donors (Lipinski definition) is 1. The van der Waals surface area contributed by atoms with E-state index in [0.29, 0.717) is 6.04 Å². The molecule has 0 radical (unpaired) electrons. The molecule has 2 aliphatic rings. The monoisotopic (exact) mass is 478 g/mol. The average molecular weight is 479 g/mol. The van der Waals surface area contributed by atoms with Gasteiger partial charge in [-0.25, -0.2) is 0 Å². The second kappa shape index (κ2) is 9.64. The van der Waals surface area contributed by atoms with E-state index in [9.17, 15) is 4.79 Å². The Morgan fingerprint density at radius 1 is 1.06 bits per heavy atom. The predicted octanol–water partition coefficient (Wildman–Crippen LogP) is 4.26. The molecular weight excluding hydrogens is 444 g/mol. The third-order valence-electron chi connectivity index (χ3n) is 7.23. The van der Waals surface area contributed by atoms with Crippen LogP contribution in [-0.2, 0) is 11.8 Å². The maximum absolute atomic E-state index is 13.5. The van der Waals surface area contributed by atoms with Crippen molar-refractivity contribution in [1.82, 2.24) is 9.47 Å². The van der Waals surface area contributed by atoms with Gasteiger partial charge in [-0.3, -0.25) is 14.3 Å². The normalized spacial score (nSPS) is 18.2. The highest BCUT2D eigenvalue weighted by Gasteiger charge is 2.29. The maximum atomic E-state index is 13.5. The van der Waals surface area contributed by atoms with Crippen molar-refractivity contribution in [2.24, 2.45) is 7.05 Å². The van der Waals surface area contributed by atoms with Gasteiger partial charge in [0, 0.05) is 55.2 Å². The highest BCUT2D eigenvalue weighted by Crippen LogP contribution is 2.33. The van der Waals surface area contributed by atoms with Crippen LogP contribution in [0, 0.1) is 6.92 Å². The number of nitrogens with one attached hydrogen (secondary N) is 1. The summed E-state index contributed by atoms with van der Waals surface area (Å²) in [5, 5.41) is 5.53. The number of rotatable bonds is 6. The van der Waals surface area contributed by atoms with Crippen molar-refractivity contribution in [1.29, 1.82) is 0 Å². The van der Waals surface area contributed by atoms with Crippen LogP contribution in [-0.4, -0.2) is 61.2 Å². The molecule has 7 heteroatoms. The van der Waals surface area contributed by atoms with Gasteiger partial charge in [0.25, 0.3) is 5.56 Å². The van der Waals surface area contributed by atoms with Crippen molar-refractivity contribution < 1.29 is 4.74 Å². The van der Waals surface area contributed by atoms with Crippen LogP contribution in [0.25, 0.3) is 10.8 Å². The number of ether oxygens (including phenoxy) is 1.